The number of nitrogens with zero attached hydrogens (tertiary/aromatic N) is 1. The Balaban J connectivity index is 3.95. The normalized spacial score (nSPS) is 17.8. The molecule has 92 valence electrons. The first-order valence-electron chi connectivity index (χ1n) is 5.53. The van der Waals surface area contributed by atoms with Crippen LogP contribution in [0, 0.1) is 5.41 Å². The van der Waals surface area contributed by atoms with Crippen LogP contribution in [0.3, 0.4) is 0 Å². The van der Waals surface area contributed by atoms with E-state index < -0.39 is 6.10 Å². The first kappa shape index (κ1) is 14.8. The minimum Gasteiger partial charge on any atom is -0.389 e. The Kier molecular flexibility index (Phi) is 7.09. The molecular formula is C11H26N2O2. The summed E-state index contributed by atoms with van der Waals surface area (Å²) in [6.45, 7) is 6.91. The molecule has 3 N–H and O–H groups in total. The number of aliphatic hydroxyl groups excluding tert-OH is 1. The molecule has 0 aliphatic rings. The molecule has 15 heavy (non-hydrogen) atoms. The second-order valence-corrected chi connectivity index (χ2v) is 4.67. The van der Waals surface area contributed by atoms with Gasteiger partial charge in [-0.15, -0.1) is 0 Å². The van der Waals surface area contributed by atoms with Crippen LogP contribution in [0.25, 0.3) is 0 Å². The molecule has 0 spiro atoms. The number of hydrogen-bond donors (Lipinski definition) is 2. The van der Waals surface area contributed by atoms with Crippen molar-refractivity contribution in [1.82, 2.24) is 4.90 Å². The summed E-state index contributed by atoms with van der Waals surface area (Å²) in [5.41, 5.74) is 5.88. The average molecular weight is 218 g/mol. The van der Waals surface area contributed by atoms with Gasteiger partial charge in [0.05, 0.1) is 12.7 Å². The van der Waals surface area contributed by atoms with E-state index in [1.54, 1.807) is 7.11 Å². The van der Waals surface area contributed by atoms with Crippen molar-refractivity contribution >= 4 is 0 Å². The van der Waals surface area contributed by atoms with Crippen LogP contribution in [0.2, 0.25) is 0 Å². The lowest BCUT2D eigenvalue weighted by Gasteiger charge is -2.32. The van der Waals surface area contributed by atoms with Gasteiger partial charge in [-0.05, 0) is 25.4 Å². The summed E-state index contributed by atoms with van der Waals surface area (Å²) in [6.07, 6.45) is 0.632. The monoisotopic (exact) mass is 218 g/mol. The third-order valence-electron chi connectivity index (χ3n) is 2.88. The van der Waals surface area contributed by atoms with E-state index in [0.717, 1.165) is 13.0 Å². The van der Waals surface area contributed by atoms with Crippen LogP contribution in [-0.4, -0.2) is 56.5 Å². The maximum atomic E-state index is 9.56. The number of rotatable bonds is 8. The summed E-state index contributed by atoms with van der Waals surface area (Å²) < 4.78 is 4.89. The van der Waals surface area contributed by atoms with Gasteiger partial charge in [0, 0.05) is 20.2 Å². The van der Waals surface area contributed by atoms with Crippen molar-refractivity contribution in [3.05, 3.63) is 0 Å². The molecule has 0 fully saturated rings. The molecule has 0 saturated heterocycles. The van der Waals surface area contributed by atoms with Gasteiger partial charge in [-0.25, -0.2) is 0 Å². The predicted octanol–water partition coefficient (Wildman–Crippen LogP) is 0.301. The van der Waals surface area contributed by atoms with Gasteiger partial charge in [0.25, 0.3) is 0 Å². The van der Waals surface area contributed by atoms with E-state index in [-0.39, 0.29) is 5.41 Å². The molecule has 0 aromatic carbocycles. The van der Waals surface area contributed by atoms with Crippen molar-refractivity contribution in [2.24, 2.45) is 11.1 Å². The Labute approximate surface area is 93.4 Å². The fraction of sp³-hybridized carbons (Fsp3) is 1.00. The van der Waals surface area contributed by atoms with Crippen LogP contribution < -0.4 is 5.73 Å². The molecule has 4 nitrogen and oxygen atoms in total. The molecule has 0 radical (unpaired) electrons. The van der Waals surface area contributed by atoms with Crippen molar-refractivity contribution in [3.8, 4) is 0 Å². The summed E-state index contributed by atoms with van der Waals surface area (Å²) >= 11 is 0. The molecule has 0 aromatic rings. The second-order valence-electron chi connectivity index (χ2n) is 4.67. The van der Waals surface area contributed by atoms with Gasteiger partial charge in [0.1, 0.15) is 0 Å². The van der Waals surface area contributed by atoms with Crippen LogP contribution in [0.4, 0.5) is 0 Å². The smallest absolute Gasteiger partial charge is 0.0899 e. The quantitative estimate of drug-likeness (QED) is 0.615. The lowest BCUT2D eigenvalue weighted by molar-refractivity contribution is 0.0350. The van der Waals surface area contributed by atoms with Gasteiger partial charge in [-0.2, -0.15) is 0 Å². The molecule has 4 heteroatoms. The summed E-state index contributed by atoms with van der Waals surface area (Å²) in [6, 6.07) is 0. The number of methoxy groups -OCH3 is 1. The van der Waals surface area contributed by atoms with Gasteiger partial charge in [0.2, 0.25) is 0 Å². The topological polar surface area (TPSA) is 58.7 Å². The first-order valence-corrected chi connectivity index (χ1v) is 5.53. The SMILES string of the molecule is CCC(C)(CN)CN(C)CC(O)COC. The van der Waals surface area contributed by atoms with E-state index in [1.165, 1.54) is 0 Å². The fourth-order valence-corrected chi connectivity index (χ4v) is 1.64. The lowest BCUT2D eigenvalue weighted by atomic mass is 9.87. The predicted molar refractivity (Wildman–Crippen MR) is 62.8 cm³/mol. The Bertz CT molecular complexity index is 161. The Morgan fingerprint density at radius 3 is 2.53 bits per heavy atom. The maximum Gasteiger partial charge on any atom is 0.0899 e. The zero-order valence-electron chi connectivity index (χ0n) is 10.5. The molecule has 0 saturated carbocycles. The Hall–Kier alpha value is -0.160. The third kappa shape index (κ3) is 6.10. The van der Waals surface area contributed by atoms with Crippen molar-refractivity contribution in [3.63, 3.8) is 0 Å². The molecule has 0 bridgehead atoms. The number of nitrogens with two attached hydrogens (primary N) is 1. The van der Waals surface area contributed by atoms with E-state index >= 15 is 0 Å². The largest absolute Gasteiger partial charge is 0.389 e. The highest BCUT2D eigenvalue weighted by molar-refractivity contribution is 4.77. The van der Waals surface area contributed by atoms with E-state index in [2.05, 4.69) is 18.7 Å². The van der Waals surface area contributed by atoms with Gasteiger partial charge in [-0.1, -0.05) is 13.8 Å². The minimum absolute atomic E-state index is 0.140. The zero-order valence-corrected chi connectivity index (χ0v) is 10.5. The summed E-state index contributed by atoms with van der Waals surface area (Å²) in [4.78, 5) is 2.11. The van der Waals surface area contributed by atoms with Crippen LogP contribution >= 0.6 is 0 Å². The second kappa shape index (κ2) is 7.17. The first-order chi connectivity index (χ1) is 6.97. The van der Waals surface area contributed by atoms with Crippen molar-refractivity contribution in [2.45, 2.75) is 26.4 Å². The van der Waals surface area contributed by atoms with Crippen LogP contribution in [0.15, 0.2) is 0 Å². The lowest BCUT2D eigenvalue weighted by Crippen LogP contribution is -2.42. The number of likely N-dealkylation sites (N-methyl/N-ethyl adjacent to an activating group) is 1. The fourth-order valence-electron chi connectivity index (χ4n) is 1.64. The molecule has 0 aromatic heterocycles. The standard InChI is InChI=1S/C11H26N2O2/c1-5-11(2,8-12)9-13(3)6-10(14)7-15-4/h10,14H,5-9,12H2,1-4H3. The summed E-state index contributed by atoms with van der Waals surface area (Å²) in [7, 11) is 3.60. The highest BCUT2D eigenvalue weighted by Crippen LogP contribution is 2.20. The molecule has 2 atom stereocenters. The van der Waals surface area contributed by atoms with Crippen LogP contribution in [0.5, 0.6) is 0 Å². The van der Waals surface area contributed by atoms with Crippen LogP contribution in [-0.2, 0) is 4.74 Å². The maximum absolute atomic E-state index is 9.56. The van der Waals surface area contributed by atoms with E-state index in [0.29, 0.717) is 19.7 Å². The number of aliphatic hydroxyl groups is 1. The number of hydrogen-bond acceptors (Lipinski definition) is 4. The Morgan fingerprint density at radius 1 is 1.53 bits per heavy atom. The molecule has 2 unspecified atom stereocenters. The highest BCUT2D eigenvalue weighted by Gasteiger charge is 2.22. The van der Waals surface area contributed by atoms with Crippen molar-refractivity contribution < 1.29 is 9.84 Å². The van der Waals surface area contributed by atoms with Crippen molar-refractivity contribution in [1.29, 1.82) is 0 Å². The van der Waals surface area contributed by atoms with Gasteiger partial charge in [0.15, 0.2) is 0 Å². The van der Waals surface area contributed by atoms with Gasteiger partial charge in [-0.3, -0.25) is 0 Å². The molecule has 0 amide bonds. The van der Waals surface area contributed by atoms with E-state index in [9.17, 15) is 5.11 Å². The van der Waals surface area contributed by atoms with Crippen LogP contribution in [0.1, 0.15) is 20.3 Å². The molecule has 0 rings (SSSR count). The molecule has 0 aliphatic heterocycles. The summed E-state index contributed by atoms with van der Waals surface area (Å²) in [5.74, 6) is 0. The highest BCUT2D eigenvalue weighted by atomic mass is 16.5. The molecule has 0 heterocycles. The van der Waals surface area contributed by atoms with Gasteiger partial charge >= 0.3 is 0 Å². The third-order valence-corrected chi connectivity index (χ3v) is 2.88. The molecular weight excluding hydrogens is 192 g/mol. The van der Waals surface area contributed by atoms with Crippen molar-refractivity contribution in [2.75, 3.05) is 40.4 Å². The van der Waals surface area contributed by atoms with E-state index in [1.807, 2.05) is 7.05 Å². The average Bonchev–Trinajstić information content (AvgIpc) is 2.17. The van der Waals surface area contributed by atoms with Gasteiger partial charge < -0.3 is 20.5 Å². The molecule has 0 aliphatic carbocycles. The zero-order chi connectivity index (χ0) is 11.9. The number of ether oxygens (including phenoxy) is 1. The minimum atomic E-state index is -0.418. The van der Waals surface area contributed by atoms with E-state index in [4.69, 9.17) is 10.5 Å². The summed E-state index contributed by atoms with van der Waals surface area (Å²) in [5, 5.41) is 9.56. The Morgan fingerprint density at radius 2 is 2.13 bits per heavy atom.